The number of hydrogen-bond donors (Lipinski definition) is 1. The van der Waals surface area contributed by atoms with Crippen LogP contribution < -0.4 is 25.0 Å². The highest BCUT2D eigenvalue weighted by Crippen LogP contribution is 2.44. The van der Waals surface area contributed by atoms with Gasteiger partial charge in [0.2, 0.25) is 0 Å². The summed E-state index contributed by atoms with van der Waals surface area (Å²) in [4.78, 5) is 0. The predicted octanol–water partition coefficient (Wildman–Crippen LogP) is 6.56. The first-order chi connectivity index (χ1) is 20.7. The second-order valence-corrected chi connectivity index (χ2v) is 11.7. The number of nitrogens with zero attached hydrogens (tertiary/aromatic N) is 2. The number of halogens is 3. The Balaban J connectivity index is 1.58. The third kappa shape index (κ3) is 5.76. The SMILES string of the molecule is COc1ccc(CNc2nnc(C)c3cc(-c4cc(B5OC(C)(C)C(C)(C)O5)cc(C(F)(F)F)c4OC)ccc23)c(OC)c1. The molecule has 0 unspecified atom stereocenters. The van der Waals surface area contributed by atoms with E-state index in [0.29, 0.717) is 35.1 Å². The van der Waals surface area contributed by atoms with Crippen molar-refractivity contribution in [2.45, 2.75) is 58.5 Å². The average Bonchev–Trinajstić information content (AvgIpc) is 3.21. The molecule has 232 valence electrons. The van der Waals surface area contributed by atoms with E-state index in [2.05, 4.69) is 15.5 Å². The highest BCUT2D eigenvalue weighted by atomic mass is 19.4. The molecule has 3 aromatic carbocycles. The summed E-state index contributed by atoms with van der Waals surface area (Å²) in [5, 5.41) is 13.5. The van der Waals surface area contributed by atoms with E-state index in [-0.39, 0.29) is 16.8 Å². The summed E-state index contributed by atoms with van der Waals surface area (Å²) in [5.41, 5.74) is 0.132. The van der Waals surface area contributed by atoms with Gasteiger partial charge < -0.3 is 28.8 Å². The second kappa shape index (κ2) is 11.5. The minimum atomic E-state index is -4.68. The Hall–Kier alpha value is -4.03. The van der Waals surface area contributed by atoms with Crippen molar-refractivity contribution in [3.8, 4) is 28.4 Å². The molecule has 0 amide bonds. The molecule has 1 aliphatic heterocycles. The molecule has 5 rings (SSSR count). The Labute approximate surface area is 255 Å². The Bertz CT molecular complexity index is 1700. The van der Waals surface area contributed by atoms with Gasteiger partial charge in [0.15, 0.2) is 5.82 Å². The van der Waals surface area contributed by atoms with Gasteiger partial charge in [0.25, 0.3) is 0 Å². The number of nitrogens with one attached hydrogen (secondary N) is 1. The van der Waals surface area contributed by atoms with E-state index in [0.717, 1.165) is 22.4 Å². The predicted molar refractivity (Wildman–Crippen MR) is 164 cm³/mol. The molecule has 44 heavy (non-hydrogen) atoms. The van der Waals surface area contributed by atoms with Gasteiger partial charge in [-0.3, -0.25) is 0 Å². The molecule has 4 aromatic rings. The molecule has 8 nitrogen and oxygen atoms in total. The Kier molecular flexibility index (Phi) is 8.19. The summed E-state index contributed by atoms with van der Waals surface area (Å²) < 4.78 is 71.6. The number of ether oxygens (including phenoxy) is 3. The third-order valence-corrected chi connectivity index (χ3v) is 8.36. The number of alkyl halides is 3. The molecule has 1 aromatic heterocycles. The van der Waals surface area contributed by atoms with Crippen LogP contribution in [0.5, 0.6) is 17.2 Å². The van der Waals surface area contributed by atoms with E-state index in [4.69, 9.17) is 23.5 Å². The van der Waals surface area contributed by atoms with E-state index in [1.165, 1.54) is 7.11 Å². The summed E-state index contributed by atoms with van der Waals surface area (Å²) >= 11 is 0. The average molecular weight is 609 g/mol. The molecule has 12 heteroatoms. The maximum absolute atomic E-state index is 14.4. The standard InChI is InChI=1S/C32H35BF3N3O5/c1-18-24-13-19(10-12-23(24)29(39-38-18)37-17-20-9-11-22(40-6)16-27(20)41-7)25-14-21(15-26(28(25)42-8)32(34,35)36)33-43-30(2,3)31(4,5)44-33/h9-16H,17H2,1-8H3,(H,37,39). The number of anilines is 1. The zero-order chi connectivity index (χ0) is 32.0. The van der Waals surface area contributed by atoms with Crippen LogP contribution in [0.15, 0.2) is 48.5 Å². The third-order valence-electron chi connectivity index (χ3n) is 8.36. The number of aromatic nitrogens is 2. The van der Waals surface area contributed by atoms with Crippen LogP contribution in [0.2, 0.25) is 0 Å². The second-order valence-electron chi connectivity index (χ2n) is 11.7. The Morgan fingerprint density at radius 2 is 1.55 bits per heavy atom. The molecular weight excluding hydrogens is 574 g/mol. The molecule has 0 radical (unpaired) electrons. The van der Waals surface area contributed by atoms with Crippen molar-refractivity contribution in [3.63, 3.8) is 0 Å². The Morgan fingerprint density at radius 1 is 0.841 bits per heavy atom. The van der Waals surface area contributed by atoms with Gasteiger partial charge in [-0.15, -0.1) is 5.10 Å². The maximum Gasteiger partial charge on any atom is 0.494 e. The van der Waals surface area contributed by atoms with Crippen LogP contribution >= 0.6 is 0 Å². The molecule has 0 atom stereocenters. The summed E-state index contributed by atoms with van der Waals surface area (Å²) in [6.07, 6.45) is -4.68. The molecular formula is C32H35BF3N3O5. The zero-order valence-corrected chi connectivity index (χ0v) is 26.0. The van der Waals surface area contributed by atoms with Gasteiger partial charge >= 0.3 is 13.3 Å². The minimum Gasteiger partial charge on any atom is -0.497 e. The zero-order valence-electron chi connectivity index (χ0n) is 26.0. The number of benzene rings is 3. The van der Waals surface area contributed by atoms with Gasteiger partial charge in [-0.05, 0) is 76.0 Å². The fourth-order valence-corrected chi connectivity index (χ4v) is 5.17. The number of hydrogen-bond acceptors (Lipinski definition) is 8. The molecule has 0 saturated carbocycles. The fourth-order valence-electron chi connectivity index (χ4n) is 5.17. The largest absolute Gasteiger partial charge is 0.497 e. The van der Waals surface area contributed by atoms with Crippen molar-refractivity contribution >= 4 is 29.2 Å². The first-order valence-electron chi connectivity index (χ1n) is 14.1. The minimum absolute atomic E-state index is 0.243. The van der Waals surface area contributed by atoms with Crippen LogP contribution in [0.25, 0.3) is 21.9 Å². The first-order valence-corrected chi connectivity index (χ1v) is 14.1. The van der Waals surface area contributed by atoms with Gasteiger partial charge in [0, 0.05) is 34.5 Å². The number of aryl methyl sites for hydroxylation is 1. The quantitative estimate of drug-likeness (QED) is 0.225. The summed E-state index contributed by atoms with van der Waals surface area (Å²) in [7, 11) is 3.41. The maximum atomic E-state index is 14.4. The number of rotatable bonds is 8. The van der Waals surface area contributed by atoms with Crippen LogP contribution in [0, 0.1) is 6.92 Å². The number of fused-ring (bicyclic) bond motifs is 1. The molecule has 1 aliphatic rings. The van der Waals surface area contributed by atoms with Crippen molar-refractivity contribution in [2.24, 2.45) is 0 Å². The molecule has 1 fully saturated rings. The van der Waals surface area contributed by atoms with Crippen molar-refractivity contribution in [1.82, 2.24) is 10.2 Å². The fraction of sp³-hybridized carbons (Fsp3) is 0.375. The van der Waals surface area contributed by atoms with Crippen molar-refractivity contribution in [1.29, 1.82) is 0 Å². The lowest BCUT2D eigenvalue weighted by atomic mass is 9.76. The highest BCUT2D eigenvalue weighted by Gasteiger charge is 2.52. The van der Waals surface area contributed by atoms with Gasteiger partial charge in [0.1, 0.15) is 17.2 Å². The van der Waals surface area contributed by atoms with E-state index < -0.39 is 30.1 Å². The monoisotopic (exact) mass is 609 g/mol. The molecule has 0 spiro atoms. The summed E-state index contributed by atoms with van der Waals surface area (Å²) in [5.74, 6) is 1.55. The summed E-state index contributed by atoms with van der Waals surface area (Å²) in [6, 6.07) is 13.6. The lowest BCUT2D eigenvalue weighted by molar-refractivity contribution is -0.138. The van der Waals surface area contributed by atoms with Gasteiger partial charge in [-0.2, -0.15) is 18.3 Å². The van der Waals surface area contributed by atoms with Crippen LogP contribution in [0.4, 0.5) is 19.0 Å². The van der Waals surface area contributed by atoms with Crippen LogP contribution in [-0.2, 0) is 22.0 Å². The van der Waals surface area contributed by atoms with Gasteiger partial charge in [-0.1, -0.05) is 12.1 Å². The van der Waals surface area contributed by atoms with Crippen molar-refractivity contribution in [2.75, 3.05) is 26.6 Å². The van der Waals surface area contributed by atoms with Crippen LogP contribution in [0.3, 0.4) is 0 Å². The normalized spacial score (nSPS) is 15.8. The highest BCUT2D eigenvalue weighted by molar-refractivity contribution is 6.62. The van der Waals surface area contributed by atoms with Crippen LogP contribution in [-0.4, -0.2) is 49.8 Å². The van der Waals surface area contributed by atoms with E-state index in [1.807, 2.05) is 45.9 Å². The van der Waals surface area contributed by atoms with Crippen molar-refractivity contribution in [3.05, 3.63) is 65.4 Å². The first kappa shape index (κ1) is 31.4. The molecule has 0 aliphatic carbocycles. The lowest BCUT2D eigenvalue weighted by Gasteiger charge is -2.32. The van der Waals surface area contributed by atoms with Gasteiger partial charge in [0.05, 0.1) is 43.8 Å². The van der Waals surface area contributed by atoms with Gasteiger partial charge in [-0.25, -0.2) is 0 Å². The molecule has 1 N–H and O–H groups in total. The Morgan fingerprint density at radius 3 is 2.16 bits per heavy atom. The smallest absolute Gasteiger partial charge is 0.494 e. The van der Waals surface area contributed by atoms with E-state index in [9.17, 15) is 13.2 Å². The molecule has 0 bridgehead atoms. The number of methoxy groups -OCH3 is 3. The topological polar surface area (TPSA) is 84.0 Å². The lowest BCUT2D eigenvalue weighted by Crippen LogP contribution is -2.41. The van der Waals surface area contributed by atoms with Crippen LogP contribution in [0.1, 0.15) is 44.5 Å². The summed E-state index contributed by atoms with van der Waals surface area (Å²) in [6.45, 7) is 9.60. The molecule has 1 saturated heterocycles. The van der Waals surface area contributed by atoms with E-state index in [1.54, 1.807) is 45.4 Å². The van der Waals surface area contributed by atoms with E-state index >= 15 is 0 Å². The molecule has 2 heterocycles. The van der Waals surface area contributed by atoms with Crippen molar-refractivity contribution < 1.29 is 36.7 Å².